The molecule has 1 N–H and O–H groups in total. The standard InChI is InChI=1S/C30H41N5O4/c1-20-10-13-33-35(20)16-17-38-22-8-9-24(32-18-22)23-19-31-21(2)25(27(28(36)37)39-29(3,4)5)26(23)34-14-11-30(6,7)12-15-34/h8-10,13,18-19,27H,11-12,14-17H2,1-7H3,(H,36,37). The number of carboxylic acid groups (broad SMARTS) is 1. The number of carboxylic acids is 1. The van der Waals surface area contributed by atoms with Gasteiger partial charge in [0.2, 0.25) is 0 Å². The number of aliphatic carboxylic acids is 1. The third kappa shape index (κ3) is 6.95. The molecule has 1 unspecified atom stereocenters. The molecule has 3 aromatic rings. The van der Waals surface area contributed by atoms with Crippen LogP contribution in [0.15, 0.2) is 36.8 Å². The van der Waals surface area contributed by atoms with E-state index in [0.717, 1.165) is 42.9 Å². The van der Waals surface area contributed by atoms with Crippen molar-refractivity contribution >= 4 is 11.7 Å². The molecule has 0 aromatic carbocycles. The van der Waals surface area contributed by atoms with E-state index >= 15 is 0 Å². The van der Waals surface area contributed by atoms with Crippen molar-refractivity contribution in [3.63, 3.8) is 0 Å². The van der Waals surface area contributed by atoms with Gasteiger partial charge in [0.15, 0.2) is 6.10 Å². The van der Waals surface area contributed by atoms with Crippen molar-refractivity contribution in [1.82, 2.24) is 19.7 Å². The lowest BCUT2D eigenvalue weighted by Gasteiger charge is -2.40. The number of rotatable bonds is 9. The van der Waals surface area contributed by atoms with Crippen molar-refractivity contribution in [1.29, 1.82) is 0 Å². The van der Waals surface area contributed by atoms with E-state index in [4.69, 9.17) is 14.5 Å². The number of pyridine rings is 2. The quantitative estimate of drug-likeness (QED) is 0.378. The van der Waals surface area contributed by atoms with Crippen molar-refractivity contribution in [2.45, 2.75) is 79.6 Å². The highest BCUT2D eigenvalue weighted by atomic mass is 16.5. The highest BCUT2D eigenvalue weighted by molar-refractivity contribution is 5.85. The minimum absolute atomic E-state index is 0.235. The van der Waals surface area contributed by atoms with Crippen LogP contribution in [0.4, 0.5) is 5.69 Å². The van der Waals surface area contributed by atoms with E-state index in [1.54, 1.807) is 18.6 Å². The number of ether oxygens (including phenoxy) is 2. The fraction of sp³-hybridized carbons (Fsp3) is 0.533. The molecule has 0 bridgehead atoms. The molecule has 0 spiro atoms. The van der Waals surface area contributed by atoms with Gasteiger partial charge in [-0.3, -0.25) is 14.6 Å². The Morgan fingerprint density at radius 2 is 1.82 bits per heavy atom. The topological polar surface area (TPSA) is 103 Å². The first-order valence-corrected chi connectivity index (χ1v) is 13.6. The van der Waals surface area contributed by atoms with E-state index in [0.29, 0.717) is 35.9 Å². The number of piperidine rings is 1. The first kappa shape index (κ1) is 28.5. The average molecular weight is 536 g/mol. The molecule has 1 fully saturated rings. The number of carbonyl (C=O) groups is 1. The van der Waals surface area contributed by atoms with Gasteiger partial charge in [0.25, 0.3) is 0 Å². The molecule has 210 valence electrons. The average Bonchev–Trinajstić information content (AvgIpc) is 3.27. The summed E-state index contributed by atoms with van der Waals surface area (Å²) in [4.78, 5) is 24.2. The summed E-state index contributed by atoms with van der Waals surface area (Å²) in [5, 5.41) is 14.6. The summed E-state index contributed by atoms with van der Waals surface area (Å²) in [6, 6.07) is 5.76. The zero-order valence-corrected chi connectivity index (χ0v) is 24.2. The number of nitrogens with zero attached hydrogens (tertiary/aromatic N) is 5. The third-order valence-corrected chi connectivity index (χ3v) is 7.19. The Balaban J connectivity index is 1.69. The van der Waals surface area contributed by atoms with Gasteiger partial charge in [0.05, 0.1) is 29.7 Å². The SMILES string of the molecule is Cc1ncc(-c2ccc(OCCn3nccc3C)cn2)c(N2CCC(C)(C)CC2)c1C(OC(C)(C)C)C(=O)O. The van der Waals surface area contributed by atoms with Gasteiger partial charge in [-0.15, -0.1) is 0 Å². The van der Waals surface area contributed by atoms with E-state index in [1.165, 1.54) is 0 Å². The fourth-order valence-electron chi connectivity index (χ4n) is 4.88. The minimum atomic E-state index is -1.16. The first-order chi connectivity index (χ1) is 18.3. The van der Waals surface area contributed by atoms with Crippen LogP contribution in [-0.4, -0.2) is 56.1 Å². The second kappa shape index (κ2) is 11.3. The first-order valence-electron chi connectivity index (χ1n) is 13.6. The summed E-state index contributed by atoms with van der Waals surface area (Å²) >= 11 is 0. The lowest BCUT2D eigenvalue weighted by molar-refractivity contribution is -0.160. The van der Waals surface area contributed by atoms with Crippen LogP contribution in [0.25, 0.3) is 11.3 Å². The number of aromatic nitrogens is 4. The molecule has 1 atom stereocenters. The second-order valence-electron chi connectivity index (χ2n) is 12.0. The summed E-state index contributed by atoms with van der Waals surface area (Å²) in [5.74, 6) is -0.376. The molecule has 0 aliphatic carbocycles. The maximum Gasteiger partial charge on any atom is 0.337 e. The van der Waals surface area contributed by atoms with Crippen LogP contribution in [0, 0.1) is 19.3 Å². The van der Waals surface area contributed by atoms with E-state index in [1.807, 2.05) is 57.5 Å². The summed E-state index contributed by atoms with van der Waals surface area (Å²) < 4.78 is 13.9. The largest absolute Gasteiger partial charge is 0.490 e. The fourth-order valence-corrected chi connectivity index (χ4v) is 4.88. The maximum atomic E-state index is 12.6. The molecule has 1 aliphatic heterocycles. The molecule has 3 aromatic heterocycles. The van der Waals surface area contributed by atoms with Crippen LogP contribution in [0.1, 0.15) is 70.5 Å². The molecule has 39 heavy (non-hydrogen) atoms. The zero-order valence-electron chi connectivity index (χ0n) is 24.2. The molecule has 9 nitrogen and oxygen atoms in total. The summed E-state index contributed by atoms with van der Waals surface area (Å²) in [5.41, 5.74) is 4.23. The smallest absolute Gasteiger partial charge is 0.337 e. The number of anilines is 1. The predicted octanol–water partition coefficient (Wildman–Crippen LogP) is 5.60. The van der Waals surface area contributed by atoms with Crippen molar-refractivity contribution in [2.75, 3.05) is 24.6 Å². The van der Waals surface area contributed by atoms with E-state index < -0.39 is 17.7 Å². The Morgan fingerprint density at radius 3 is 2.38 bits per heavy atom. The van der Waals surface area contributed by atoms with E-state index in [-0.39, 0.29) is 5.41 Å². The molecular weight excluding hydrogens is 494 g/mol. The second-order valence-corrected chi connectivity index (χ2v) is 12.0. The number of hydrogen-bond donors (Lipinski definition) is 1. The Morgan fingerprint density at radius 1 is 1.10 bits per heavy atom. The number of hydrogen-bond acceptors (Lipinski definition) is 7. The van der Waals surface area contributed by atoms with Gasteiger partial charge >= 0.3 is 5.97 Å². The van der Waals surface area contributed by atoms with Crippen molar-refractivity contribution in [3.8, 4) is 17.0 Å². The Kier molecular flexibility index (Phi) is 8.30. The lowest BCUT2D eigenvalue weighted by Crippen LogP contribution is -2.39. The molecule has 0 radical (unpaired) electrons. The molecule has 4 rings (SSSR count). The van der Waals surface area contributed by atoms with Crippen LogP contribution in [0.5, 0.6) is 5.75 Å². The van der Waals surface area contributed by atoms with Crippen molar-refractivity contribution < 1.29 is 19.4 Å². The van der Waals surface area contributed by atoms with Gasteiger partial charge in [0, 0.05) is 48.0 Å². The number of aryl methyl sites for hydroxylation is 2. The van der Waals surface area contributed by atoms with Crippen LogP contribution < -0.4 is 9.64 Å². The Bertz CT molecular complexity index is 1280. The molecule has 1 saturated heterocycles. The zero-order chi connectivity index (χ0) is 28.4. The monoisotopic (exact) mass is 535 g/mol. The summed E-state index contributed by atoms with van der Waals surface area (Å²) in [7, 11) is 0. The van der Waals surface area contributed by atoms with Crippen LogP contribution >= 0.6 is 0 Å². The van der Waals surface area contributed by atoms with Crippen LogP contribution in [-0.2, 0) is 16.1 Å². The summed E-state index contributed by atoms with van der Waals surface area (Å²) in [6.45, 7) is 16.8. The third-order valence-electron chi connectivity index (χ3n) is 7.19. The van der Waals surface area contributed by atoms with Gasteiger partial charge in [-0.1, -0.05) is 13.8 Å². The Labute approximate surface area is 231 Å². The van der Waals surface area contributed by atoms with Gasteiger partial charge in [0.1, 0.15) is 12.4 Å². The molecule has 0 saturated carbocycles. The summed E-state index contributed by atoms with van der Waals surface area (Å²) in [6.07, 6.45) is 6.12. The molecule has 4 heterocycles. The van der Waals surface area contributed by atoms with Crippen LogP contribution in [0.2, 0.25) is 0 Å². The normalized spacial score (nSPS) is 16.2. The molecule has 9 heteroatoms. The Hall–Kier alpha value is -3.46. The molecule has 1 aliphatic rings. The van der Waals surface area contributed by atoms with Gasteiger partial charge < -0.3 is 19.5 Å². The molecule has 0 amide bonds. The van der Waals surface area contributed by atoms with E-state index in [9.17, 15) is 9.90 Å². The molecular formula is C30H41N5O4. The van der Waals surface area contributed by atoms with E-state index in [2.05, 4.69) is 28.8 Å². The van der Waals surface area contributed by atoms with Crippen molar-refractivity contribution in [3.05, 3.63) is 53.7 Å². The van der Waals surface area contributed by atoms with Gasteiger partial charge in [-0.25, -0.2) is 4.79 Å². The highest BCUT2D eigenvalue weighted by Gasteiger charge is 2.36. The minimum Gasteiger partial charge on any atom is -0.490 e. The maximum absolute atomic E-state index is 12.6. The van der Waals surface area contributed by atoms with Crippen LogP contribution in [0.3, 0.4) is 0 Å². The predicted molar refractivity (Wildman–Crippen MR) is 151 cm³/mol. The van der Waals surface area contributed by atoms with Gasteiger partial charge in [-0.05, 0) is 71.1 Å². The lowest BCUT2D eigenvalue weighted by atomic mass is 9.82. The highest BCUT2D eigenvalue weighted by Crippen LogP contribution is 2.43. The van der Waals surface area contributed by atoms with Gasteiger partial charge in [-0.2, -0.15) is 5.10 Å². The van der Waals surface area contributed by atoms with Crippen molar-refractivity contribution in [2.24, 2.45) is 5.41 Å².